The van der Waals surface area contributed by atoms with Gasteiger partial charge in [-0.1, -0.05) is 0 Å². The molecule has 0 aromatic rings. The first-order chi connectivity index (χ1) is 8.09. The van der Waals surface area contributed by atoms with Crippen LogP contribution in [0.4, 0.5) is 4.79 Å². The topological polar surface area (TPSA) is 66.6 Å². The van der Waals surface area contributed by atoms with Crippen molar-refractivity contribution in [1.29, 1.82) is 0 Å². The lowest BCUT2D eigenvalue weighted by Gasteiger charge is -2.38. The summed E-state index contributed by atoms with van der Waals surface area (Å²) in [5.74, 6) is -0.450. The Hall–Kier alpha value is -1.26. The molecule has 0 radical (unpaired) electrons. The van der Waals surface area contributed by atoms with Crippen molar-refractivity contribution >= 4 is 11.9 Å². The fraction of sp³-hybridized carbons (Fsp3) is 0.833. The van der Waals surface area contributed by atoms with Gasteiger partial charge in [0.2, 0.25) is 5.91 Å². The van der Waals surface area contributed by atoms with E-state index in [1.54, 1.807) is 0 Å². The Kier molecular flexibility index (Phi) is 3.54. The standard InChI is InChI=1S/C12H21N3O2/c1-9-4-5-10(11(13)16)8-15(9)12(17)14-6-2-3-7-14/h9-10H,2-8H2,1H3,(H2,13,16). The quantitative estimate of drug-likeness (QED) is 0.735. The van der Waals surface area contributed by atoms with Crippen molar-refractivity contribution < 1.29 is 9.59 Å². The van der Waals surface area contributed by atoms with Gasteiger partial charge in [-0.05, 0) is 32.6 Å². The summed E-state index contributed by atoms with van der Waals surface area (Å²) in [5.41, 5.74) is 5.34. The lowest BCUT2D eigenvalue weighted by atomic mass is 9.93. The van der Waals surface area contributed by atoms with Gasteiger partial charge in [0.15, 0.2) is 0 Å². The fourth-order valence-corrected chi connectivity index (χ4v) is 2.70. The second-order valence-corrected chi connectivity index (χ2v) is 5.15. The van der Waals surface area contributed by atoms with Crippen LogP contribution in [0.15, 0.2) is 0 Å². The largest absolute Gasteiger partial charge is 0.369 e. The van der Waals surface area contributed by atoms with Gasteiger partial charge in [-0.2, -0.15) is 0 Å². The average molecular weight is 239 g/mol. The zero-order chi connectivity index (χ0) is 12.4. The molecule has 2 saturated heterocycles. The van der Waals surface area contributed by atoms with Gasteiger partial charge in [-0.3, -0.25) is 4.79 Å². The van der Waals surface area contributed by atoms with E-state index in [2.05, 4.69) is 0 Å². The first kappa shape index (κ1) is 12.2. The molecule has 96 valence electrons. The summed E-state index contributed by atoms with van der Waals surface area (Å²) < 4.78 is 0. The van der Waals surface area contributed by atoms with Crippen LogP contribution in [-0.2, 0) is 4.79 Å². The van der Waals surface area contributed by atoms with E-state index in [0.29, 0.717) is 6.54 Å². The zero-order valence-corrected chi connectivity index (χ0v) is 10.4. The van der Waals surface area contributed by atoms with Gasteiger partial charge in [0.1, 0.15) is 0 Å². The van der Waals surface area contributed by atoms with Gasteiger partial charge in [-0.25, -0.2) is 4.79 Å². The molecule has 2 N–H and O–H groups in total. The van der Waals surface area contributed by atoms with Gasteiger partial charge in [0.05, 0.1) is 5.92 Å². The van der Waals surface area contributed by atoms with Crippen molar-refractivity contribution in [3.05, 3.63) is 0 Å². The first-order valence-corrected chi connectivity index (χ1v) is 6.44. The number of primary amides is 1. The van der Waals surface area contributed by atoms with E-state index in [4.69, 9.17) is 5.73 Å². The maximum Gasteiger partial charge on any atom is 0.320 e. The van der Waals surface area contributed by atoms with Gasteiger partial charge >= 0.3 is 6.03 Å². The second-order valence-electron chi connectivity index (χ2n) is 5.15. The fourth-order valence-electron chi connectivity index (χ4n) is 2.70. The Labute approximate surface area is 102 Å². The van der Waals surface area contributed by atoms with Crippen LogP contribution in [-0.4, -0.2) is 47.4 Å². The number of carbonyl (C=O) groups is 2. The summed E-state index contributed by atoms with van der Waals surface area (Å²) in [7, 11) is 0. The van der Waals surface area contributed by atoms with E-state index in [-0.39, 0.29) is 23.9 Å². The molecular weight excluding hydrogens is 218 g/mol. The van der Waals surface area contributed by atoms with Crippen molar-refractivity contribution in [3.8, 4) is 0 Å². The molecule has 2 unspecified atom stereocenters. The van der Waals surface area contributed by atoms with Crippen LogP contribution in [0.3, 0.4) is 0 Å². The SMILES string of the molecule is CC1CCC(C(N)=O)CN1C(=O)N1CCCC1. The number of nitrogens with zero attached hydrogens (tertiary/aromatic N) is 2. The molecule has 0 spiro atoms. The number of nitrogens with two attached hydrogens (primary N) is 1. The molecule has 0 bridgehead atoms. The van der Waals surface area contributed by atoms with Gasteiger partial charge in [0.25, 0.3) is 0 Å². The summed E-state index contributed by atoms with van der Waals surface area (Å²) in [6.07, 6.45) is 3.86. The molecule has 0 aromatic carbocycles. The molecular formula is C12H21N3O2. The summed E-state index contributed by atoms with van der Waals surface area (Å²) in [6, 6.07) is 0.305. The van der Waals surface area contributed by atoms with E-state index in [0.717, 1.165) is 38.8 Å². The van der Waals surface area contributed by atoms with E-state index in [9.17, 15) is 9.59 Å². The molecule has 0 aromatic heterocycles. The smallest absolute Gasteiger partial charge is 0.320 e. The third-order valence-electron chi connectivity index (χ3n) is 3.91. The number of rotatable bonds is 1. The maximum absolute atomic E-state index is 12.3. The molecule has 0 saturated carbocycles. The van der Waals surface area contributed by atoms with Crippen LogP contribution < -0.4 is 5.73 Å². The Bertz CT molecular complexity index is 313. The molecule has 3 amide bonds. The Morgan fingerprint density at radius 3 is 2.41 bits per heavy atom. The van der Waals surface area contributed by atoms with Gasteiger partial charge < -0.3 is 15.5 Å². The number of hydrogen-bond acceptors (Lipinski definition) is 2. The van der Waals surface area contributed by atoms with Crippen LogP contribution in [0.1, 0.15) is 32.6 Å². The zero-order valence-electron chi connectivity index (χ0n) is 10.4. The van der Waals surface area contributed by atoms with Crippen molar-refractivity contribution in [3.63, 3.8) is 0 Å². The van der Waals surface area contributed by atoms with E-state index >= 15 is 0 Å². The molecule has 17 heavy (non-hydrogen) atoms. The van der Waals surface area contributed by atoms with Crippen LogP contribution in [0.2, 0.25) is 0 Å². The van der Waals surface area contributed by atoms with E-state index < -0.39 is 0 Å². The van der Waals surface area contributed by atoms with Gasteiger partial charge in [0, 0.05) is 25.7 Å². The predicted molar refractivity (Wildman–Crippen MR) is 64.3 cm³/mol. The van der Waals surface area contributed by atoms with Crippen molar-refractivity contribution in [2.24, 2.45) is 11.7 Å². The van der Waals surface area contributed by atoms with Crippen LogP contribution in [0, 0.1) is 5.92 Å². The molecule has 2 fully saturated rings. The summed E-state index contributed by atoms with van der Waals surface area (Å²) in [4.78, 5) is 27.2. The number of amides is 3. The minimum absolute atomic E-state index is 0.0842. The van der Waals surface area contributed by atoms with Crippen molar-refractivity contribution in [2.45, 2.75) is 38.6 Å². The highest BCUT2D eigenvalue weighted by Gasteiger charge is 2.34. The number of carbonyl (C=O) groups excluding carboxylic acids is 2. The first-order valence-electron chi connectivity index (χ1n) is 6.44. The lowest BCUT2D eigenvalue weighted by Crippen LogP contribution is -2.52. The molecule has 2 heterocycles. The highest BCUT2D eigenvalue weighted by molar-refractivity contribution is 5.79. The number of urea groups is 1. The van der Waals surface area contributed by atoms with Crippen molar-refractivity contribution in [2.75, 3.05) is 19.6 Å². The number of likely N-dealkylation sites (tertiary alicyclic amines) is 2. The predicted octanol–water partition coefficient (Wildman–Crippen LogP) is 0.788. The monoisotopic (exact) mass is 239 g/mol. The van der Waals surface area contributed by atoms with Crippen molar-refractivity contribution in [1.82, 2.24) is 9.80 Å². The van der Waals surface area contributed by atoms with Crippen LogP contribution in [0.25, 0.3) is 0 Å². The van der Waals surface area contributed by atoms with E-state index in [1.807, 2.05) is 16.7 Å². The summed E-state index contributed by atoms with van der Waals surface area (Å²) in [6.45, 7) is 4.24. The lowest BCUT2D eigenvalue weighted by molar-refractivity contribution is -0.123. The van der Waals surface area contributed by atoms with Crippen LogP contribution in [0.5, 0.6) is 0 Å². The Morgan fingerprint density at radius 1 is 1.18 bits per heavy atom. The molecule has 2 aliphatic heterocycles. The minimum atomic E-state index is -0.281. The minimum Gasteiger partial charge on any atom is -0.369 e. The Morgan fingerprint density at radius 2 is 1.82 bits per heavy atom. The maximum atomic E-state index is 12.3. The third-order valence-corrected chi connectivity index (χ3v) is 3.91. The highest BCUT2D eigenvalue weighted by Crippen LogP contribution is 2.24. The molecule has 0 aliphatic carbocycles. The average Bonchev–Trinajstić information content (AvgIpc) is 2.81. The molecule has 2 aliphatic rings. The molecule has 2 rings (SSSR count). The number of piperidine rings is 1. The molecule has 2 atom stereocenters. The second kappa shape index (κ2) is 4.94. The number of hydrogen-bond donors (Lipinski definition) is 1. The third kappa shape index (κ3) is 2.53. The summed E-state index contributed by atoms with van der Waals surface area (Å²) in [5, 5.41) is 0. The van der Waals surface area contributed by atoms with Gasteiger partial charge in [-0.15, -0.1) is 0 Å². The Balaban J connectivity index is 2.01. The van der Waals surface area contributed by atoms with E-state index in [1.165, 1.54) is 0 Å². The molecule has 5 heteroatoms. The molecule has 5 nitrogen and oxygen atoms in total. The normalized spacial score (nSPS) is 29.5. The highest BCUT2D eigenvalue weighted by atomic mass is 16.2. The van der Waals surface area contributed by atoms with Crippen LogP contribution >= 0.6 is 0 Å². The summed E-state index contributed by atoms with van der Waals surface area (Å²) >= 11 is 0.